The molecule has 22 heavy (non-hydrogen) atoms. The Morgan fingerprint density at radius 2 is 2.09 bits per heavy atom. The first-order valence-electron chi connectivity index (χ1n) is 6.80. The molecule has 0 aliphatic heterocycles. The van der Waals surface area contributed by atoms with E-state index in [-0.39, 0.29) is 14.9 Å². The van der Waals surface area contributed by atoms with Gasteiger partial charge in [-0.15, -0.1) is 0 Å². The first-order valence-corrected chi connectivity index (χ1v) is 7.88. The van der Waals surface area contributed by atoms with Crippen LogP contribution in [0.15, 0.2) is 23.8 Å². The largest absolute Gasteiger partial charge is 0.491 e. The van der Waals surface area contributed by atoms with E-state index in [1.165, 1.54) is 5.57 Å². The Hall–Kier alpha value is -1.25. The number of carbonyl (C=O) groups is 1. The van der Waals surface area contributed by atoms with E-state index in [1.807, 2.05) is 0 Å². The minimum absolute atomic E-state index is 0.125. The predicted molar refractivity (Wildman–Crippen MR) is 84.7 cm³/mol. The van der Waals surface area contributed by atoms with Crippen molar-refractivity contribution in [2.75, 3.05) is 6.61 Å². The molecule has 2 rings (SSSR count). The molecule has 0 bridgehead atoms. The monoisotopic (exact) mass is 425 g/mol. The number of alkyl halides is 3. The third-order valence-corrected chi connectivity index (χ3v) is 4.24. The van der Waals surface area contributed by atoms with Gasteiger partial charge in [-0.2, -0.15) is 13.2 Å². The van der Waals surface area contributed by atoms with Crippen LogP contribution in [0.4, 0.5) is 13.2 Å². The maximum Gasteiger partial charge on any atom is 0.416 e. The highest BCUT2D eigenvalue weighted by molar-refractivity contribution is 14.1. The van der Waals surface area contributed by atoms with E-state index in [0.29, 0.717) is 13.0 Å². The SMILES string of the molecule is NC(=O)c1cc(C(F)(F)F)cc(I)c1OCCC1=CCCC1. The number of hydrogen-bond donors (Lipinski definition) is 1. The number of ether oxygens (including phenoxy) is 1. The number of rotatable bonds is 5. The van der Waals surface area contributed by atoms with Gasteiger partial charge >= 0.3 is 6.18 Å². The number of allylic oxidation sites excluding steroid dienone is 1. The molecule has 0 fully saturated rings. The van der Waals surface area contributed by atoms with Crippen LogP contribution in [0, 0.1) is 3.57 Å². The lowest BCUT2D eigenvalue weighted by Gasteiger charge is -2.15. The minimum Gasteiger partial charge on any atom is -0.491 e. The third kappa shape index (κ3) is 4.15. The number of amides is 1. The molecule has 1 amide bonds. The number of halogens is 4. The summed E-state index contributed by atoms with van der Waals surface area (Å²) >= 11 is 1.73. The van der Waals surface area contributed by atoms with Crippen molar-refractivity contribution in [1.29, 1.82) is 0 Å². The molecule has 0 unspecified atom stereocenters. The van der Waals surface area contributed by atoms with E-state index in [2.05, 4.69) is 6.08 Å². The molecule has 0 heterocycles. The summed E-state index contributed by atoms with van der Waals surface area (Å²) < 4.78 is 44.2. The van der Waals surface area contributed by atoms with Gasteiger partial charge in [-0.1, -0.05) is 11.6 Å². The zero-order valence-corrected chi connectivity index (χ0v) is 13.8. The van der Waals surface area contributed by atoms with Gasteiger partial charge in [0.15, 0.2) is 0 Å². The van der Waals surface area contributed by atoms with Crippen LogP contribution in [0.1, 0.15) is 41.6 Å². The average Bonchev–Trinajstić information content (AvgIpc) is 2.91. The van der Waals surface area contributed by atoms with Crippen molar-refractivity contribution < 1.29 is 22.7 Å². The topological polar surface area (TPSA) is 52.3 Å². The first kappa shape index (κ1) is 17.1. The summed E-state index contributed by atoms with van der Waals surface area (Å²) in [6.07, 6.45) is 1.53. The standard InChI is InChI=1S/C15H15F3INO2/c16-15(17,18)10-7-11(14(20)21)13(12(19)8-10)22-6-5-9-3-1-2-4-9/h3,7-8H,1-2,4-6H2,(H2,20,21). The van der Waals surface area contributed by atoms with Gasteiger partial charge < -0.3 is 10.5 Å². The number of nitrogens with two attached hydrogens (primary N) is 1. The van der Waals surface area contributed by atoms with E-state index in [4.69, 9.17) is 10.5 Å². The van der Waals surface area contributed by atoms with Crippen LogP contribution in [0.5, 0.6) is 5.75 Å². The van der Waals surface area contributed by atoms with E-state index < -0.39 is 17.6 Å². The summed E-state index contributed by atoms with van der Waals surface area (Å²) in [4.78, 5) is 11.4. The number of carbonyl (C=O) groups excluding carboxylic acids is 1. The molecule has 0 aromatic heterocycles. The van der Waals surface area contributed by atoms with Crippen LogP contribution in [0.25, 0.3) is 0 Å². The molecule has 0 saturated carbocycles. The first-order chi connectivity index (χ1) is 10.3. The van der Waals surface area contributed by atoms with Crippen LogP contribution in [-0.2, 0) is 6.18 Å². The quantitative estimate of drug-likeness (QED) is 0.566. The van der Waals surface area contributed by atoms with Crippen molar-refractivity contribution in [2.24, 2.45) is 5.73 Å². The molecule has 0 spiro atoms. The summed E-state index contributed by atoms with van der Waals surface area (Å²) in [7, 11) is 0. The van der Waals surface area contributed by atoms with Gasteiger partial charge in [-0.05, 0) is 54.0 Å². The maximum absolute atomic E-state index is 12.8. The molecule has 3 nitrogen and oxygen atoms in total. The minimum atomic E-state index is -4.53. The summed E-state index contributed by atoms with van der Waals surface area (Å²) in [6.45, 7) is 0.313. The predicted octanol–water partition coefficient (Wildman–Crippen LogP) is 4.29. The molecule has 1 aromatic rings. The highest BCUT2D eigenvalue weighted by atomic mass is 127. The maximum atomic E-state index is 12.8. The van der Waals surface area contributed by atoms with Crippen LogP contribution in [0.2, 0.25) is 0 Å². The molecular formula is C15H15F3INO2. The van der Waals surface area contributed by atoms with Gasteiger partial charge in [0.1, 0.15) is 5.75 Å². The van der Waals surface area contributed by atoms with Gasteiger partial charge in [0.05, 0.1) is 21.3 Å². The van der Waals surface area contributed by atoms with Crippen LogP contribution < -0.4 is 10.5 Å². The van der Waals surface area contributed by atoms with Crippen molar-refractivity contribution in [3.05, 3.63) is 38.5 Å². The molecule has 7 heteroatoms. The molecule has 1 aliphatic carbocycles. The van der Waals surface area contributed by atoms with Crippen LogP contribution >= 0.6 is 22.6 Å². The molecule has 0 saturated heterocycles. The number of hydrogen-bond acceptors (Lipinski definition) is 2. The molecule has 1 aliphatic rings. The molecule has 2 N–H and O–H groups in total. The molecule has 120 valence electrons. The Bertz CT molecular complexity index is 612. The number of primary amides is 1. The second-order valence-electron chi connectivity index (χ2n) is 5.05. The van der Waals surface area contributed by atoms with Crippen molar-refractivity contribution in [3.8, 4) is 5.75 Å². The van der Waals surface area contributed by atoms with E-state index in [1.54, 1.807) is 22.6 Å². The zero-order valence-electron chi connectivity index (χ0n) is 11.7. The van der Waals surface area contributed by atoms with E-state index >= 15 is 0 Å². The number of benzene rings is 1. The normalized spacial score (nSPS) is 14.8. The van der Waals surface area contributed by atoms with Gasteiger partial charge in [0.2, 0.25) is 0 Å². The highest BCUT2D eigenvalue weighted by Gasteiger charge is 2.33. The van der Waals surface area contributed by atoms with Crippen molar-refractivity contribution in [3.63, 3.8) is 0 Å². The fourth-order valence-corrected chi connectivity index (χ4v) is 3.12. The molecule has 0 radical (unpaired) electrons. The molecular weight excluding hydrogens is 410 g/mol. The van der Waals surface area contributed by atoms with E-state index in [9.17, 15) is 18.0 Å². The van der Waals surface area contributed by atoms with Crippen molar-refractivity contribution >= 4 is 28.5 Å². The lowest BCUT2D eigenvalue weighted by molar-refractivity contribution is -0.137. The lowest BCUT2D eigenvalue weighted by atomic mass is 10.1. The Morgan fingerprint density at radius 1 is 1.36 bits per heavy atom. The fraction of sp³-hybridized carbons (Fsp3) is 0.400. The van der Waals surface area contributed by atoms with E-state index in [0.717, 1.165) is 31.4 Å². The highest BCUT2D eigenvalue weighted by Crippen LogP contribution is 2.36. The lowest BCUT2D eigenvalue weighted by Crippen LogP contribution is -2.17. The smallest absolute Gasteiger partial charge is 0.416 e. The van der Waals surface area contributed by atoms with Crippen molar-refractivity contribution in [1.82, 2.24) is 0 Å². The fourth-order valence-electron chi connectivity index (χ4n) is 2.34. The summed E-state index contributed by atoms with van der Waals surface area (Å²) in [5, 5.41) is 0. The summed E-state index contributed by atoms with van der Waals surface area (Å²) in [5.74, 6) is -0.807. The second kappa shape index (κ2) is 6.89. The van der Waals surface area contributed by atoms with Gasteiger partial charge in [-0.25, -0.2) is 0 Å². The summed E-state index contributed by atoms with van der Waals surface area (Å²) in [6, 6.07) is 1.70. The Balaban J connectivity index is 2.20. The Labute approximate surface area is 139 Å². The molecule has 0 atom stereocenters. The summed E-state index contributed by atoms with van der Waals surface area (Å²) in [5.41, 5.74) is 5.33. The Morgan fingerprint density at radius 3 is 2.64 bits per heavy atom. The zero-order chi connectivity index (χ0) is 16.3. The Kier molecular flexibility index (Phi) is 5.36. The average molecular weight is 425 g/mol. The van der Waals surface area contributed by atoms with Gasteiger partial charge in [0, 0.05) is 6.42 Å². The van der Waals surface area contributed by atoms with Crippen molar-refractivity contribution in [2.45, 2.75) is 31.9 Å². The van der Waals surface area contributed by atoms with Gasteiger partial charge in [0.25, 0.3) is 5.91 Å². The van der Waals surface area contributed by atoms with Crippen LogP contribution in [-0.4, -0.2) is 12.5 Å². The molecule has 1 aromatic carbocycles. The second-order valence-corrected chi connectivity index (χ2v) is 6.21. The third-order valence-electron chi connectivity index (χ3n) is 3.44. The van der Waals surface area contributed by atoms with Gasteiger partial charge in [-0.3, -0.25) is 4.79 Å². The van der Waals surface area contributed by atoms with Crippen LogP contribution in [0.3, 0.4) is 0 Å².